The summed E-state index contributed by atoms with van der Waals surface area (Å²) in [5, 5.41) is 11.7. The molecule has 0 aliphatic carbocycles. The van der Waals surface area contributed by atoms with Gasteiger partial charge in [0.05, 0.1) is 24.8 Å². The average Bonchev–Trinajstić information content (AvgIpc) is 3.13. The van der Waals surface area contributed by atoms with E-state index in [0.29, 0.717) is 53.8 Å². The molecule has 1 aliphatic rings. The molecular weight excluding hydrogens is 480 g/mol. The lowest BCUT2D eigenvalue weighted by molar-refractivity contribution is -0.140. The van der Waals surface area contributed by atoms with Crippen molar-refractivity contribution in [3.05, 3.63) is 64.2 Å². The number of carbonyl (C=O) groups excluding carboxylic acids is 2. The molecule has 1 amide bonds. The lowest BCUT2D eigenvalue weighted by Gasteiger charge is -2.27. The number of nitrogens with zero attached hydrogens (tertiary/aromatic N) is 2. The molecule has 2 aromatic rings. The topological polar surface area (TPSA) is 79.3 Å². The van der Waals surface area contributed by atoms with Gasteiger partial charge in [0.1, 0.15) is 5.76 Å². The van der Waals surface area contributed by atoms with Crippen LogP contribution in [0.25, 0.3) is 5.76 Å². The Kier molecular flexibility index (Phi) is 9.79. The second-order valence-electron chi connectivity index (χ2n) is 8.45. The molecular formula is C28H35ClN2O5. The van der Waals surface area contributed by atoms with Gasteiger partial charge in [0.2, 0.25) is 0 Å². The van der Waals surface area contributed by atoms with Crippen LogP contribution in [0.2, 0.25) is 5.02 Å². The van der Waals surface area contributed by atoms with E-state index >= 15 is 0 Å². The summed E-state index contributed by atoms with van der Waals surface area (Å²) in [6.45, 7) is 11.8. The van der Waals surface area contributed by atoms with Gasteiger partial charge in [-0.05, 0) is 81.9 Å². The Morgan fingerprint density at radius 1 is 0.972 bits per heavy atom. The monoisotopic (exact) mass is 514 g/mol. The van der Waals surface area contributed by atoms with Crippen molar-refractivity contribution in [1.29, 1.82) is 0 Å². The van der Waals surface area contributed by atoms with E-state index in [1.54, 1.807) is 41.3 Å². The molecule has 194 valence electrons. The number of benzene rings is 2. The fraction of sp³-hybridized carbons (Fsp3) is 0.429. The maximum Gasteiger partial charge on any atom is 0.295 e. The van der Waals surface area contributed by atoms with Crippen LogP contribution < -0.4 is 9.47 Å². The van der Waals surface area contributed by atoms with Gasteiger partial charge in [-0.25, -0.2) is 0 Å². The number of likely N-dealkylation sites (tertiary alicyclic amines) is 1. The number of ketones is 1. The predicted molar refractivity (Wildman–Crippen MR) is 142 cm³/mol. The second kappa shape index (κ2) is 12.8. The summed E-state index contributed by atoms with van der Waals surface area (Å²) in [7, 11) is 0. The molecule has 1 saturated heterocycles. The molecule has 0 unspecified atom stereocenters. The number of carbonyl (C=O) groups is 2. The van der Waals surface area contributed by atoms with Crippen LogP contribution >= 0.6 is 11.6 Å². The molecule has 7 nitrogen and oxygen atoms in total. The minimum absolute atomic E-state index is 0.0526. The largest absolute Gasteiger partial charge is 0.507 e. The summed E-state index contributed by atoms with van der Waals surface area (Å²) in [4.78, 5) is 30.3. The van der Waals surface area contributed by atoms with Gasteiger partial charge in [0.15, 0.2) is 11.5 Å². The molecule has 1 fully saturated rings. The summed E-state index contributed by atoms with van der Waals surface area (Å²) in [6, 6.07) is 11.2. The fourth-order valence-corrected chi connectivity index (χ4v) is 4.59. The Morgan fingerprint density at radius 3 is 2.22 bits per heavy atom. The molecule has 3 rings (SSSR count). The van der Waals surface area contributed by atoms with E-state index in [1.165, 1.54) is 0 Å². The van der Waals surface area contributed by atoms with Gasteiger partial charge in [-0.1, -0.05) is 31.5 Å². The average molecular weight is 515 g/mol. The molecule has 1 atom stereocenters. The summed E-state index contributed by atoms with van der Waals surface area (Å²) in [5.74, 6) is -0.450. The molecule has 1 aliphatic heterocycles. The first-order valence-corrected chi connectivity index (χ1v) is 12.9. The first-order valence-electron chi connectivity index (χ1n) is 12.5. The van der Waals surface area contributed by atoms with E-state index in [2.05, 4.69) is 18.7 Å². The Hall–Kier alpha value is -3.03. The number of rotatable bonds is 12. The van der Waals surface area contributed by atoms with Crippen LogP contribution in [0.1, 0.15) is 51.3 Å². The number of Topliss-reactive ketones (excluding diaryl/α,β-unsaturated/α-hetero) is 1. The van der Waals surface area contributed by atoms with E-state index in [4.69, 9.17) is 21.1 Å². The maximum absolute atomic E-state index is 13.3. The summed E-state index contributed by atoms with van der Waals surface area (Å²) >= 11 is 6.01. The Labute approximate surface area is 218 Å². The highest BCUT2D eigenvalue weighted by atomic mass is 35.5. The third kappa shape index (κ3) is 6.02. The standard InChI is InChI=1S/C28H35ClN2O5/c1-5-30(6-2)16-9-17-31-25(20-12-15-22(35-7-3)23(18-20)36-8-4)24(27(33)28(31)34)26(32)19-10-13-21(29)14-11-19/h10-15,18,25,32H,5-9,16-17H2,1-4H3/t25-/m1/s1. The predicted octanol–water partition coefficient (Wildman–Crippen LogP) is 5.29. The summed E-state index contributed by atoms with van der Waals surface area (Å²) < 4.78 is 11.5. The molecule has 36 heavy (non-hydrogen) atoms. The van der Waals surface area contributed by atoms with Crippen molar-refractivity contribution in [2.45, 2.75) is 40.2 Å². The first-order chi connectivity index (χ1) is 17.4. The molecule has 0 aromatic heterocycles. The van der Waals surface area contributed by atoms with Gasteiger partial charge in [-0.2, -0.15) is 0 Å². The number of hydrogen-bond acceptors (Lipinski definition) is 6. The highest BCUT2D eigenvalue weighted by molar-refractivity contribution is 6.46. The van der Waals surface area contributed by atoms with Crippen LogP contribution in [-0.2, 0) is 9.59 Å². The zero-order valence-electron chi connectivity index (χ0n) is 21.4. The van der Waals surface area contributed by atoms with Crippen molar-refractivity contribution in [3.63, 3.8) is 0 Å². The zero-order valence-corrected chi connectivity index (χ0v) is 22.2. The smallest absolute Gasteiger partial charge is 0.295 e. The lowest BCUT2D eigenvalue weighted by atomic mass is 9.95. The van der Waals surface area contributed by atoms with Crippen molar-refractivity contribution in [3.8, 4) is 11.5 Å². The van der Waals surface area contributed by atoms with Crippen molar-refractivity contribution in [1.82, 2.24) is 9.80 Å². The molecule has 1 N–H and O–H groups in total. The fourth-order valence-electron chi connectivity index (χ4n) is 4.46. The number of halogens is 1. The van der Waals surface area contributed by atoms with Gasteiger partial charge >= 0.3 is 0 Å². The maximum atomic E-state index is 13.3. The molecule has 0 spiro atoms. The van der Waals surface area contributed by atoms with E-state index in [0.717, 1.165) is 19.6 Å². The molecule has 8 heteroatoms. The van der Waals surface area contributed by atoms with Crippen LogP contribution in [0, 0.1) is 0 Å². The quantitative estimate of drug-likeness (QED) is 0.235. The third-order valence-electron chi connectivity index (χ3n) is 6.31. The molecule has 0 bridgehead atoms. The van der Waals surface area contributed by atoms with Gasteiger partial charge in [0.25, 0.3) is 11.7 Å². The number of aliphatic hydroxyl groups is 1. The second-order valence-corrected chi connectivity index (χ2v) is 8.89. The minimum Gasteiger partial charge on any atom is -0.507 e. The van der Waals surface area contributed by atoms with Gasteiger partial charge in [-0.15, -0.1) is 0 Å². The van der Waals surface area contributed by atoms with Gasteiger partial charge in [-0.3, -0.25) is 9.59 Å². The Morgan fingerprint density at radius 2 is 1.61 bits per heavy atom. The molecule has 0 saturated carbocycles. The minimum atomic E-state index is -0.757. The normalized spacial score (nSPS) is 17.2. The van der Waals surface area contributed by atoms with Crippen LogP contribution in [0.3, 0.4) is 0 Å². The highest BCUT2D eigenvalue weighted by Gasteiger charge is 2.46. The van der Waals surface area contributed by atoms with E-state index in [-0.39, 0.29) is 11.3 Å². The van der Waals surface area contributed by atoms with E-state index in [9.17, 15) is 14.7 Å². The molecule has 0 radical (unpaired) electrons. The molecule has 1 heterocycles. The van der Waals surface area contributed by atoms with Gasteiger partial charge in [0, 0.05) is 17.1 Å². The Balaban J connectivity index is 2.09. The number of amides is 1. The van der Waals surface area contributed by atoms with Crippen LogP contribution in [-0.4, -0.2) is 66.0 Å². The number of aliphatic hydroxyl groups excluding tert-OH is 1. The zero-order chi connectivity index (χ0) is 26.2. The van der Waals surface area contributed by atoms with Crippen molar-refractivity contribution in [2.24, 2.45) is 0 Å². The van der Waals surface area contributed by atoms with Gasteiger partial charge < -0.3 is 24.4 Å². The number of ether oxygens (including phenoxy) is 2. The van der Waals surface area contributed by atoms with Crippen molar-refractivity contribution in [2.75, 3.05) is 39.4 Å². The molecule has 2 aromatic carbocycles. The lowest BCUT2D eigenvalue weighted by Crippen LogP contribution is -2.33. The third-order valence-corrected chi connectivity index (χ3v) is 6.56. The SMILES string of the molecule is CCOc1ccc([C@@H]2C(=C(O)c3ccc(Cl)cc3)C(=O)C(=O)N2CCCN(CC)CC)cc1OCC. The number of hydrogen-bond donors (Lipinski definition) is 1. The summed E-state index contributed by atoms with van der Waals surface area (Å²) in [6.07, 6.45) is 0.696. The van der Waals surface area contributed by atoms with Crippen molar-refractivity contribution >= 4 is 29.1 Å². The highest BCUT2D eigenvalue weighted by Crippen LogP contribution is 2.42. The van der Waals surface area contributed by atoms with E-state index in [1.807, 2.05) is 19.9 Å². The van der Waals surface area contributed by atoms with Crippen LogP contribution in [0.5, 0.6) is 11.5 Å². The van der Waals surface area contributed by atoms with E-state index < -0.39 is 17.7 Å². The van der Waals surface area contributed by atoms with Crippen molar-refractivity contribution < 1.29 is 24.2 Å². The summed E-state index contributed by atoms with van der Waals surface area (Å²) in [5.41, 5.74) is 1.14. The first kappa shape index (κ1) is 27.6. The van der Waals surface area contributed by atoms with Crippen LogP contribution in [0.15, 0.2) is 48.0 Å². The Bertz CT molecular complexity index is 1100. The van der Waals surface area contributed by atoms with Crippen LogP contribution in [0.4, 0.5) is 0 Å².